The highest BCUT2D eigenvalue weighted by molar-refractivity contribution is 6.76. The van der Waals surface area contributed by atoms with E-state index in [-0.39, 0.29) is 23.8 Å². The second-order valence-electron chi connectivity index (χ2n) is 6.24. The Balaban J connectivity index is 2.54. The first-order chi connectivity index (χ1) is 7.20. The molecule has 0 aromatic heterocycles. The van der Waals surface area contributed by atoms with Gasteiger partial charge in [-0.15, -0.1) is 0 Å². The molecule has 0 N–H and O–H groups in total. The van der Waals surface area contributed by atoms with Crippen LogP contribution in [-0.4, -0.2) is 20.0 Å². The lowest BCUT2D eigenvalue weighted by Crippen LogP contribution is -2.25. The van der Waals surface area contributed by atoms with Gasteiger partial charge in [0.1, 0.15) is 0 Å². The predicted molar refractivity (Wildman–Crippen MR) is 65.7 cm³/mol. The summed E-state index contributed by atoms with van der Waals surface area (Å²) in [6, 6.07) is 1.19. The van der Waals surface area contributed by atoms with E-state index in [1.54, 1.807) is 6.92 Å². The Hall–Kier alpha value is -0.643. The third-order valence-electron chi connectivity index (χ3n) is 3.10. The summed E-state index contributed by atoms with van der Waals surface area (Å²) in [6.45, 7) is 10.9. The summed E-state index contributed by atoms with van der Waals surface area (Å²) >= 11 is 0. The first-order valence-electron chi connectivity index (χ1n) is 5.96. The number of cyclic esters (lactones) is 2. The van der Waals surface area contributed by atoms with Crippen LogP contribution < -0.4 is 0 Å². The summed E-state index contributed by atoms with van der Waals surface area (Å²) in [5.41, 5.74) is 0. The van der Waals surface area contributed by atoms with Gasteiger partial charge in [0.2, 0.25) is 0 Å². The predicted octanol–water partition coefficient (Wildman–Crippen LogP) is 2.69. The van der Waals surface area contributed by atoms with Crippen LogP contribution in [0.2, 0.25) is 25.7 Å². The highest BCUT2D eigenvalue weighted by Crippen LogP contribution is 2.31. The van der Waals surface area contributed by atoms with Crippen molar-refractivity contribution in [2.45, 2.75) is 46.0 Å². The number of carbonyl (C=O) groups excluding carboxylic acids is 2. The highest BCUT2D eigenvalue weighted by atomic mass is 28.3. The van der Waals surface area contributed by atoms with Crippen LogP contribution in [0.4, 0.5) is 0 Å². The minimum atomic E-state index is -1.09. The van der Waals surface area contributed by atoms with E-state index >= 15 is 0 Å². The maximum absolute atomic E-state index is 11.5. The highest BCUT2D eigenvalue weighted by Gasteiger charge is 2.41. The second-order valence-corrected chi connectivity index (χ2v) is 11.8. The van der Waals surface area contributed by atoms with Gasteiger partial charge in [0.05, 0.1) is 11.8 Å². The van der Waals surface area contributed by atoms with Gasteiger partial charge >= 0.3 is 11.9 Å². The summed E-state index contributed by atoms with van der Waals surface area (Å²) in [4.78, 5) is 22.7. The standard InChI is InChI=1S/C12H22O3Si/c1-8(7-16(3,4)5)6-10-9(2)11(13)15-12(10)14/h8-10H,6-7H2,1-5H3. The van der Waals surface area contributed by atoms with Gasteiger partial charge in [0.25, 0.3) is 0 Å². The average Bonchev–Trinajstić information content (AvgIpc) is 2.29. The maximum Gasteiger partial charge on any atom is 0.317 e. The summed E-state index contributed by atoms with van der Waals surface area (Å²) in [7, 11) is -1.09. The van der Waals surface area contributed by atoms with Gasteiger partial charge in [0.15, 0.2) is 0 Å². The number of hydrogen-bond donors (Lipinski definition) is 0. The Labute approximate surface area is 98.6 Å². The number of esters is 2. The number of hydrogen-bond acceptors (Lipinski definition) is 3. The molecule has 0 aromatic carbocycles. The molecule has 1 aliphatic heterocycles. The van der Waals surface area contributed by atoms with Crippen LogP contribution in [0.25, 0.3) is 0 Å². The van der Waals surface area contributed by atoms with Crippen LogP contribution in [0.3, 0.4) is 0 Å². The maximum atomic E-state index is 11.5. The van der Waals surface area contributed by atoms with E-state index in [1.165, 1.54) is 6.04 Å². The van der Waals surface area contributed by atoms with E-state index in [0.29, 0.717) is 5.92 Å². The molecule has 0 saturated carbocycles. The molecule has 1 aliphatic rings. The largest absolute Gasteiger partial charge is 0.393 e. The third kappa shape index (κ3) is 3.44. The molecule has 0 aliphatic carbocycles. The van der Waals surface area contributed by atoms with Crippen molar-refractivity contribution in [1.82, 2.24) is 0 Å². The van der Waals surface area contributed by atoms with E-state index in [0.717, 1.165) is 6.42 Å². The lowest BCUT2D eigenvalue weighted by molar-refractivity contribution is -0.153. The van der Waals surface area contributed by atoms with Crippen LogP contribution >= 0.6 is 0 Å². The van der Waals surface area contributed by atoms with E-state index in [1.807, 2.05) is 0 Å². The molecule has 3 nitrogen and oxygen atoms in total. The Morgan fingerprint density at radius 2 is 1.81 bits per heavy atom. The molecular weight excluding hydrogens is 220 g/mol. The summed E-state index contributed by atoms with van der Waals surface area (Å²) in [5.74, 6) is -0.636. The van der Waals surface area contributed by atoms with Gasteiger partial charge in [-0.1, -0.05) is 39.5 Å². The second kappa shape index (κ2) is 4.70. The zero-order valence-corrected chi connectivity index (χ0v) is 11.9. The van der Waals surface area contributed by atoms with Gasteiger partial charge in [-0.2, -0.15) is 0 Å². The normalized spacial score (nSPS) is 28.1. The van der Waals surface area contributed by atoms with Crippen molar-refractivity contribution in [2.75, 3.05) is 0 Å². The smallest absolute Gasteiger partial charge is 0.317 e. The monoisotopic (exact) mass is 242 g/mol. The first kappa shape index (κ1) is 13.4. The van der Waals surface area contributed by atoms with Crippen molar-refractivity contribution in [2.24, 2.45) is 17.8 Å². The molecule has 1 fully saturated rings. The fourth-order valence-corrected chi connectivity index (χ4v) is 4.76. The first-order valence-corrected chi connectivity index (χ1v) is 9.67. The molecule has 3 unspecified atom stereocenters. The van der Waals surface area contributed by atoms with Gasteiger partial charge in [-0.05, 0) is 12.3 Å². The molecule has 0 amide bonds. The van der Waals surface area contributed by atoms with Crippen molar-refractivity contribution >= 4 is 20.0 Å². The van der Waals surface area contributed by atoms with Crippen molar-refractivity contribution in [3.63, 3.8) is 0 Å². The van der Waals surface area contributed by atoms with E-state index in [4.69, 9.17) is 0 Å². The number of ether oxygens (including phenoxy) is 1. The van der Waals surface area contributed by atoms with Gasteiger partial charge in [-0.25, -0.2) is 0 Å². The van der Waals surface area contributed by atoms with Gasteiger partial charge in [-0.3, -0.25) is 9.59 Å². The quantitative estimate of drug-likeness (QED) is 0.432. The summed E-state index contributed by atoms with van der Waals surface area (Å²) in [6.07, 6.45) is 0.788. The Morgan fingerprint density at radius 3 is 2.19 bits per heavy atom. The van der Waals surface area contributed by atoms with E-state index < -0.39 is 8.07 Å². The van der Waals surface area contributed by atoms with Crippen LogP contribution in [0, 0.1) is 17.8 Å². The molecule has 1 rings (SSSR count). The molecule has 3 atom stereocenters. The Morgan fingerprint density at radius 1 is 1.25 bits per heavy atom. The van der Waals surface area contributed by atoms with E-state index in [2.05, 4.69) is 31.3 Å². The van der Waals surface area contributed by atoms with E-state index in [9.17, 15) is 9.59 Å². The zero-order chi connectivity index (χ0) is 12.5. The molecule has 0 bridgehead atoms. The van der Waals surface area contributed by atoms with Gasteiger partial charge < -0.3 is 4.74 Å². The molecule has 0 radical (unpaired) electrons. The van der Waals surface area contributed by atoms with Crippen LogP contribution in [0.15, 0.2) is 0 Å². The number of carbonyl (C=O) groups is 2. The minimum absolute atomic E-state index is 0.209. The summed E-state index contributed by atoms with van der Waals surface area (Å²) in [5, 5.41) is 0. The lowest BCUT2D eigenvalue weighted by atomic mass is 9.88. The zero-order valence-electron chi connectivity index (χ0n) is 10.9. The topological polar surface area (TPSA) is 43.4 Å². The van der Waals surface area contributed by atoms with Crippen molar-refractivity contribution in [3.8, 4) is 0 Å². The van der Waals surface area contributed by atoms with Gasteiger partial charge in [0, 0.05) is 8.07 Å². The Kier molecular flexibility index (Phi) is 3.94. The lowest BCUT2D eigenvalue weighted by Gasteiger charge is -2.23. The molecule has 92 valence electrons. The SMILES string of the molecule is CC(CC1C(=O)OC(=O)C1C)C[Si](C)(C)C. The van der Waals surface area contributed by atoms with Crippen LogP contribution in [0.5, 0.6) is 0 Å². The third-order valence-corrected chi connectivity index (χ3v) is 5.02. The molecule has 16 heavy (non-hydrogen) atoms. The number of rotatable bonds is 4. The molecule has 0 aromatic rings. The van der Waals surface area contributed by atoms with Crippen molar-refractivity contribution in [3.05, 3.63) is 0 Å². The van der Waals surface area contributed by atoms with Crippen LogP contribution in [0.1, 0.15) is 20.3 Å². The molecule has 4 heteroatoms. The van der Waals surface area contributed by atoms with Crippen molar-refractivity contribution < 1.29 is 14.3 Å². The minimum Gasteiger partial charge on any atom is -0.393 e. The molecule has 0 spiro atoms. The molecular formula is C12H22O3Si. The summed E-state index contributed by atoms with van der Waals surface area (Å²) < 4.78 is 4.65. The fourth-order valence-electron chi connectivity index (χ4n) is 2.50. The average molecular weight is 242 g/mol. The molecule has 1 saturated heterocycles. The van der Waals surface area contributed by atoms with Crippen LogP contribution in [-0.2, 0) is 14.3 Å². The fraction of sp³-hybridized carbons (Fsp3) is 0.833. The molecule has 1 heterocycles. The van der Waals surface area contributed by atoms with Crippen molar-refractivity contribution in [1.29, 1.82) is 0 Å². The Bertz CT molecular complexity index is 293.